The van der Waals surface area contributed by atoms with Crippen LogP contribution >= 0.6 is 11.8 Å². The number of hydrogen-bond acceptors (Lipinski definition) is 7. The molecule has 1 saturated heterocycles. The van der Waals surface area contributed by atoms with E-state index in [1.54, 1.807) is 0 Å². The van der Waals surface area contributed by atoms with Gasteiger partial charge >= 0.3 is 5.97 Å². The summed E-state index contributed by atoms with van der Waals surface area (Å²) in [6, 6.07) is 9.38. The predicted octanol–water partition coefficient (Wildman–Crippen LogP) is 2.47. The molecule has 0 N–H and O–H groups in total. The van der Waals surface area contributed by atoms with E-state index in [-0.39, 0.29) is 18.6 Å². The summed E-state index contributed by atoms with van der Waals surface area (Å²) >= 11 is 1.91. The molecule has 0 bridgehead atoms. The van der Waals surface area contributed by atoms with Crippen LogP contribution < -0.4 is 0 Å². The van der Waals surface area contributed by atoms with Gasteiger partial charge in [-0.05, 0) is 5.56 Å². The van der Waals surface area contributed by atoms with Crippen molar-refractivity contribution >= 4 is 17.7 Å². The molecule has 0 aliphatic carbocycles. The molecule has 24 heavy (non-hydrogen) atoms. The maximum Gasteiger partial charge on any atom is 0.328 e. The number of esters is 1. The van der Waals surface area contributed by atoms with Gasteiger partial charge in [-0.2, -0.15) is 11.8 Å². The lowest BCUT2D eigenvalue weighted by molar-refractivity contribution is -0.152. The van der Waals surface area contributed by atoms with E-state index in [0.717, 1.165) is 30.2 Å². The molecule has 0 saturated carbocycles. The molecule has 1 atom stereocenters. The highest BCUT2D eigenvalue weighted by molar-refractivity contribution is 7.99. The van der Waals surface area contributed by atoms with Gasteiger partial charge in [0.1, 0.15) is 6.04 Å². The van der Waals surface area contributed by atoms with Crippen LogP contribution in [0.3, 0.4) is 0 Å². The molecule has 1 aliphatic rings. The van der Waals surface area contributed by atoms with Crippen LogP contribution in [0.2, 0.25) is 0 Å². The van der Waals surface area contributed by atoms with Crippen molar-refractivity contribution < 1.29 is 13.9 Å². The number of benzene rings is 1. The van der Waals surface area contributed by atoms with E-state index in [2.05, 4.69) is 15.1 Å². The first-order valence-electron chi connectivity index (χ1n) is 8.12. The van der Waals surface area contributed by atoms with Crippen LogP contribution in [0.1, 0.15) is 30.3 Å². The molecule has 3 rings (SSSR count). The van der Waals surface area contributed by atoms with Gasteiger partial charge in [-0.1, -0.05) is 37.3 Å². The van der Waals surface area contributed by atoms with Crippen LogP contribution in [0.4, 0.5) is 0 Å². The second-order valence-electron chi connectivity index (χ2n) is 5.51. The normalized spacial score (nSPS) is 16.7. The van der Waals surface area contributed by atoms with Gasteiger partial charge in [-0.3, -0.25) is 4.90 Å². The Hall–Kier alpha value is -1.86. The molecule has 0 radical (unpaired) electrons. The number of aryl methyl sites for hydroxylation is 1. The summed E-state index contributed by atoms with van der Waals surface area (Å²) in [4.78, 5) is 14.9. The third-order valence-corrected chi connectivity index (χ3v) is 4.84. The third kappa shape index (κ3) is 4.15. The fourth-order valence-corrected chi connectivity index (χ4v) is 3.60. The monoisotopic (exact) mass is 347 g/mol. The fraction of sp³-hybridized carbons (Fsp3) is 0.471. The maximum absolute atomic E-state index is 12.7. The second kappa shape index (κ2) is 8.30. The highest BCUT2D eigenvalue weighted by atomic mass is 32.2. The third-order valence-electron chi connectivity index (χ3n) is 3.90. The quantitative estimate of drug-likeness (QED) is 0.744. The number of thioether (sulfide) groups is 1. The van der Waals surface area contributed by atoms with Crippen molar-refractivity contribution in [3.63, 3.8) is 0 Å². The SMILES string of the molecule is CCc1nnc(COC(=O)[C@H](c2ccccc2)N2CCSCC2)o1. The van der Waals surface area contributed by atoms with Gasteiger partial charge in [0.05, 0.1) is 0 Å². The number of ether oxygens (including phenoxy) is 1. The lowest BCUT2D eigenvalue weighted by atomic mass is 10.1. The number of carbonyl (C=O) groups is 1. The van der Waals surface area contributed by atoms with Gasteiger partial charge in [0.15, 0.2) is 6.61 Å². The smallest absolute Gasteiger partial charge is 0.328 e. The van der Waals surface area contributed by atoms with Crippen LogP contribution in [-0.2, 0) is 22.6 Å². The van der Waals surface area contributed by atoms with Crippen molar-refractivity contribution in [2.45, 2.75) is 26.0 Å². The first-order chi connectivity index (χ1) is 11.8. The highest BCUT2D eigenvalue weighted by Crippen LogP contribution is 2.25. The summed E-state index contributed by atoms with van der Waals surface area (Å²) in [6.07, 6.45) is 0.666. The van der Waals surface area contributed by atoms with Gasteiger partial charge in [0.2, 0.25) is 5.89 Å². The van der Waals surface area contributed by atoms with Gasteiger partial charge in [-0.15, -0.1) is 10.2 Å². The Morgan fingerprint density at radius 1 is 1.25 bits per heavy atom. The van der Waals surface area contributed by atoms with Crippen LogP contribution in [0.5, 0.6) is 0 Å². The Morgan fingerprint density at radius 2 is 1.96 bits per heavy atom. The highest BCUT2D eigenvalue weighted by Gasteiger charge is 2.30. The fourth-order valence-electron chi connectivity index (χ4n) is 2.67. The molecule has 0 amide bonds. The molecule has 0 unspecified atom stereocenters. The molecule has 1 aromatic carbocycles. The van der Waals surface area contributed by atoms with Crippen LogP contribution in [0.25, 0.3) is 0 Å². The number of nitrogens with zero attached hydrogens (tertiary/aromatic N) is 3. The van der Waals surface area contributed by atoms with Crippen LogP contribution in [-0.4, -0.2) is 45.7 Å². The van der Waals surface area contributed by atoms with E-state index in [9.17, 15) is 4.79 Å². The van der Waals surface area contributed by atoms with E-state index < -0.39 is 0 Å². The minimum atomic E-state index is -0.388. The van der Waals surface area contributed by atoms with Crippen molar-refractivity contribution in [3.05, 3.63) is 47.7 Å². The van der Waals surface area contributed by atoms with E-state index in [1.807, 2.05) is 49.0 Å². The predicted molar refractivity (Wildman–Crippen MR) is 91.6 cm³/mol. The average Bonchev–Trinajstić information content (AvgIpc) is 3.10. The lowest BCUT2D eigenvalue weighted by Crippen LogP contribution is -2.40. The summed E-state index contributed by atoms with van der Waals surface area (Å²) in [5.74, 6) is 2.67. The molecular formula is C17H21N3O3S. The zero-order chi connectivity index (χ0) is 16.8. The van der Waals surface area contributed by atoms with Crippen LogP contribution in [0, 0.1) is 0 Å². The van der Waals surface area contributed by atoms with E-state index in [0.29, 0.717) is 18.2 Å². The topological polar surface area (TPSA) is 68.5 Å². The van der Waals surface area contributed by atoms with Crippen molar-refractivity contribution in [2.24, 2.45) is 0 Å². The molecule has 6 nitrogen and oxygen atoms in total. The van der Waals surface area contributed by atoms with Crippen molar-refractivity contribution in [1.82, 2.24) is 15.1 Å². The first-order valence-corrected chi connectivity index (χ1v) is 9.28. The van der Waals surface area contributed by atoms with E-state index in [4.69, 9.17) is 9.15 Å². The van der Waals surface area contributed by atoms with E-state index in [1.165, 1.54) is 0 Å². The molecule has 128 valence electrons. The van der Waals surface area contributed by atoms with Crippen molar-refractivity contribution in [2.75, 3.05) is 24.6 Å². The summed E-state index contributed by atoms with van der Waals surface area (Å²) in [6.45, 7) is 3.70. The minimum absolute atomic E-state index is 0.0117. The summed E-state index contributed by atoms with van der Waals surface area (Å²) < 4.78 is 10.9. The van der Waals surface area contributed by atoms with Gasteiger partial charge in [-0.25, -0.2) is 4.79 Å². The Morgan fingerprint density at radius 3 is 2.62 bits per heavy atom. The van der Waals surface area contributed by atoms with Gasteiger partial charge in [0.25, 0.3) is 5.89 Å². The van der Waals surface area contributed by atoms with Gasteiger partial charge < -0.3 is 9.15 Å². The molecule has 1 fully saturated rings. The molecular weight excluding hydrogens is 326 g/mol. The molecule has 0 spiro atoms. The second-order valence-corrected chi connectivity index (χ2v) is 6.74. The largest absolute Gasteiger partial charge is 0.454 e. The molecule has 2 heterocycles. The number of rotatable bonds is 6. The molecule has 1 aliphatic heterocycles. The molecule has 7 heteroatoms. The summed E-state index contributed by atoms with van der Waals surface area (Å²) in [5, 5.41) is 7.78. The number of carbonyl (C=O) groups excluding carboxylic acids is 1. The lowest BCUT2D eigenvalue weighted by Gasteiger charge is -2.32. The zero-order valence-electron chi connectivity index (χ0n) is 13.7. The Labute approximate surface area is 145 Å². The first kappa shape index (κ1) is 17.0. The zero-order valence-corrected chi connectivity index (χ0v) is 14.5. The maximum atomic E-state index is 12.7. The van der Waals surface area contributed by atoms with Gasteiger partial charge in [0, 0.05) is 31.0 Å². The Balaban J connectivity index is 1.70. The average molecular weight is 347 g/mol. The summed E-state index contributed by atoms with van der Waals surface area (Å²) in [5.41, 5.74) is 0.953. The van der Waals surface area contributed by atoms with Crippen molar-refractivity contribution in [3.8, 4) is 0 Å². The molecule has 1 aromatic heterocycles. The number of hydrogen-bond donors (Lipinski definition) is 0. The Kier molecular flexibility index (Phi) is 5.87. The standard InChI is InChI=1S/C17H21N3O3S/c1-2-14-18-19-15(23-14)12-22-17(21)16(13-6-4-3-5-7-13)20-8-10-24-11-9-20/h3-7,16H,2,8-12H2,1H3/t16-/m0/s1. The molecule has 2 aromatic rings. The Bertz CT molecular complexity index is 656. The van der Waals surface area contributed by atoms with Crippen LogP contribution in [0.15, 0.2) is 34.7 Å². The van der Waals surface area contributed by atoms with E-state index >= 15 is 0 Å². The summed E-state index contributed by atoms with van der Waals surface area (Å²) in [7, 11) is 0. The van der Waals surface area contributed by atoms with Crippen molar-refractivity contribution in [1.29, 1.82) is 0 Å². The minimum Gasteiger partial charge on any atom is -0.454 e. The number of aromatic nitrogens is 2.